The summed E-state index contributed by atoms with van der Waals surface area (Å²) in [5, 5.41) is 20.9. The molecule has 9 heteroatoms. The number of thiophene rings is 4. The third kappa shape index (κ3) is 12.0. The molecule has 5 nitrogen and oxygen atoms in total. The average Bonchev–Trinajstić information content (AvgIpc) is 1.73. The van der Waals surface area contributed by atoms with Crippen LogP contribution in [0.15, 0.2) is 261 Å². The maximum absolute atomic E-state index is 13.0. The highest BCUT2D eigenvalue weighted by molar-refractivity contribution is 7.51. The predicted octanol–water partition coefficient (Wildman–Crippen LogP) is 26.6. The van der Waals surface area contributed by atoms with E-state index in [1.807, 2.05) is 13.8 Å². The number of carbonyl (C=O) groups is 1. The van der Waals surface area contributed by atoms with E-state index in [1.54, 1.807) is 7.11 Å². The van der Waals surface area contributed by atoms with Gasteiger partial charge in [-0.25, -0.2) is 4.79 Å². The molecule has 0 aliphatic heterocycles. The van der Waals surface area contributed by atoms with Crippen molar-refractivity contribution in [2.24, 2.45) is 23.7 Å². The Kier molecular flexibility index (Phi) is 17.9. The number of aryl methyl sites for hydroxylation is 6. The summed E-state index contributed by atoms with van der Waals surface area (Å²) in [7, 11) is 1.56. The van der Waals surface area contributed by atoms with Crippen molar-refractivity contribution in [1.82, 2.24) is 0 Å². The summed E-state index contributed by atoms with van der Waals surface area (Å²) >= 11 is 0. The van der Waals surface area contributed by atoms with Gasteiger partial charge in [0.25, 0.3) is 0 Å². The van der Waals surface area contributed by atoms with E-state index in [9.17, 15) is 9.90 Å². The van der Waals surface area contributed by atoms with Crippen molar-refractivity contribution in [3.05, 3.63) is 294 Å². The number of benzene rings is 12. The summed E-state index contributed by atoms with van der Waals surface area (Å²) in [5.41, 5.74) is 6.13. The summed E-state index contributed by atoms with van der Waals surface area (Å²) < 4.78 is 29.2. The van der Waals surface area contributed by atoms with Gasteiger partial charge in [-0.15, -0.1) is 0 Å². The molecule has 4 bridgehead atoms. The van der Waals surface area contributed by atoms with Crippen molar-refractivity contribution in [3.8, 4) is 36.8 Å². The first-order valence-corrected chi connectivity index (χ1v) is 40.3. The van der Waals surface area contributed by atoms with Gasteiger partial charge in [0.2, 0.25) is 0 Å². The molecule has 101 heavy (non-hydrogen) atoms. The number of hydrogen-bond donors (Lipinski definition) is 1. The molecule has 16 aromatic rings. The zero-order chi connectivity index (χ0) is 69.2. The fourth-order valence-electron chi connectivity index (χ4n) is 17.3. The highest BCUT2D eigenvalue weighted by Gasteiger charge is 2.57. The van der Waals surface area contributed by atoms with E-state index in [1.165, 1.54) is 144 Å². The minimum absolute atomic E-state index is 0.0269. The van der Waals surface area contributed by atoms with Crippen LogP contribution in [0.2, 0.25) is 0 Å². The van der Waals surface area contributed by atoms with Crippen molar-refractivity contribution >= 4 is 129 Å². The Morgan fingerprint density at radius 2 is 0.614 bits per heavy atom. The Bertz CT molecular complexity index is 5530. The largest absolute Gasteiger partial charge is 0.507 e. The molecule has 0 saturated heterocycles. The second-order valence-corrected chi connectivity index (χ2v) is 36.0. The van der Waals surface area contributed by atoms with Crippen LogP contribution in [0.5, 0.6) is 17.2 Å². The highest BCUT2D eigenvalue weighted by atomic mass is 32.2. The molecule has 4 fully saturated rings. The molecule has 502 valence electrons. The molecule has 4 aliphatic carbocycles. The van der Waals surface area contributed by atoms with E-state index >= 15 is 0 Å². The van der Waals surface area contributed by atoms with Crippen molar-refractivity contribution < 1.29 is 24.1 Å². The van der Waals surface area contributed by atoms with Gasteiger partial charge in [0.1, 0.15) is 22.8 Å². The molecule has 4 aliphatic rings. The van der Waals surface area contributed by atoms with Crippen LogP contribution < -0.4 is 9.47 Å². The molecule has 4 saturated carbocycles. The van der Waals surface area contributed by atoms with Crippen LogP contribution in [0.25, 0.3) is 100 Å². The summed E-state index contributed by atoms with van der Waals surface area (Å²) in [6.07, 6.45) is 6.31. The van der Waals surface area contributed by atoms with Crippen LogP contribution in [0.1, 0.15) is 72.4 Å². The van der Waals surface area contributed by atoms with Gasteiger partial charge in [-0.05, 0) is 247 Å². The Morgan fingerprint density at radius 3 is 0.911 bits per heavy atom. The second-order valence-electron chi connectivity index (χ2n) is 28.1. The summed E-state index contributed by atoms with van der Waals surface area (Å²) in [4.78, 5) is 18.4. The van der Waals surface area contributed by atoms with Gasteiger partial charge in [-0.1, -0.05) is 115 Å². The smallest absolute Gasteiger partial charge is 0.344 e. The molecule has 0 spiro atoms. The number of rotatable bonds is 9. The number of esters is 1. The lowest BCUT2D eigenvalue weighted by Gasteiger charge is -2.59. The predicted molar refractivity (Wildman–Crippen MR) is 435 cm³/mol. The lowest BCUT2D eigenvalue weighted by Crippen LogP contribution is -2.58. The fraction of sp³-hybridized carbons (Fsp3) is 0.207. The van der Waals surface area contributed by atoms with Crippen LogP contribution in [0, 0.1) is 65.2 Å². The third-order valence-corrected chi connectivity index (χ3v) is 30.9. The lowest BCUT2D eigenvalue weighted by atomic mass is 9.50. The van der Waals surface area contributed by atoms with Gasteiger partial charge in [0.15, 0.2) is 63.8 Å². The first-order valence-electron chi connectivity index (χ1n) is 35.4. The van der Waals surface area contributed by atoms with Crippen molar-refractivity contribution in [3.63, 3.8) is 0 Å². The molecule has 12 aromatic carbocycles. The van der Waals surface area contributed by atoms with E-state index in [4.69, 9.17) is 14.2 Å². The van der Waals surface area contributed by atoms with Crippen LogP contribution >= 0.6 is 41.9 Å². The van der Waals surface area contributed by atoms with Crippen LogP contribution in [0.4, 0.5) is 0 Å². The summed E-state index contributed by atoms with van der Waals surface area (Å²) in [6.45, 7) is 14.6. The number of aromatic hydroxyl groups is 1. The monoisotopic (exact) mass is 1400 g/mol. The number of phenols is 1. The van der Waals surface area contributed by atoms with Crippen molar-refractivity contribution in [1.29, 1.82) is 0 Å². The number of hydrogen-bond acceptors (Lipinski definition) is 5. The molecular formula is C92H84O5S4+4. The number of phenolic OH excluding ortho intramolecular Hbond substituents is 1. The summed E-state index contributed by atoms with van der Waals surface area (Å²) in [6, 6.07) is 94.1. The van der Waals surface area contributed by atoms with Gasteiger partial charge in [0, 0.05) is 121 Å². The van der Waals surface area contributed by atoms with Crippen LogP contribution in [-0.4, -0.2) is 30.4 Å². The quantitative estimate of drug-likeness (QED) is 0.115. The Balaban J connectivity index is 0.000000108. The Hall–Kier alpha value is -9.61. The van der Waals surface area contributed by atoms with E-state index in [0.717, 1.165) is 45.6 Å². The zero-order valence-corrected chi connectivity index (χ0v) is 61.9. The van der Waals surface area contributed by atoms with E-state index in [-0.39, 0.29) is 60.1 Å². The van der Waals surface area contributed by atoms with E-state index < -0.39 is 0 Å². The molecule has 0 radical (unpaired) electrons. The van der Waals surface area contributed by atoms with E-state index in [2.05, 4.69) is 295 Å². The first kappa shape index (κ1) is 66.0. The van der Waals surface area contributed by atoms with Crippen LogP contribution in [-0.2, 0) is 9.53 Å². The minimum Gasteiger partial charge on any atom is -0.507 e. The Morgan fingerprint density at radius 1 is 0.356 bits per heavy atom. The van der Waals surface area contributed by atoms with Crippen molar-refractivity contribution in [2.45, 2.75) is 86.2 Å². The zero-order valence-electron chi connectivity index (χ0n) is 58.6. The maximum atomic E-state index is 13.0. The van der Waals surface area contributed by atoms with Gasteiger partial charge in [0.05, 0.1) is 7.11 Å². The number of ether oxygens (including phenoxy) is 3. The molecule has 0 amide bonds. The van der Waals surface area contributed by atoms with Crippen LogP contribution in [0.3, 0.4) is 0 Å². The SMILES string of the molecule is COc1c(C)cc(-[s+]2c3ccccc3c3ccccc32)cc1C.Cc1cc(-[s+]2c3ccccc3c3ccccc32)cc(C)c1O.Cc1cc(-[s+]2c3ccccc3c3ccccc32)cc(C)c1OCC(=O)OC1(C)C2CC3CC(C2)CC1C3.c1ccc(-[s+]2c3ccccc3c3ccccc32)cc1. The topological polar surface area (TPSA) is 65.0 Å². The first-order chi connectivity index (χ1) is 49.2. The number of carbonyl (C=O) groups excluding carboxylic acids is 1. The second kappa shape index (κ2) is 27.4. The normalized spacial score (nSPS) is 17.5. The molecule has 0 unspecified atom stereocenters. The molecule has 4 aromatic heterocycles. The maximum Gasteiger partial charge on any atom is 0.344 e. The summed E-state index contributed by atoms with van der Waals surface area (Å²) in [5.74, 6) is 4.75. The van der Waals surface area contributed by atoms with Gasteiger partial charge < -0.3 is 19.3 Å². The minimum atomic E-state index is -0.313. The standard InChI is InChI=1S/C33H35O3S.C21H19OS.C20H16OS.C18H13S/c1-20-12-26(37-29-10-6-4-8-27(29)28-9-5-7-11-30(28)37)13-21(2)32(20)35-19-31(34)36-33(3)24-15-22-14-23(17-24)18-25(33)16-22;1-14-12-16(13-15(2)21(14)22-3)23-19-10-6-4-8-17(19)18-9-5-7-11-20(18)23;1-13-11-15(12-14(2)20(13)21)22-18-9-5-3-7-16(18)17-8-4-6-10-19(17)22;1-2-8-14(9-3-1)19-17-12-6-4-10-15(17)16-11-5-7-13-18(16)19/h4-13,22-25H,14-19H2,1-3H3;4-13H,1-3H3;3-12H,1-2H3;1-13H/q2*+1;;+1/p+1. The van der Waals surface area contributed by atoms with Crippen molar-refractivity contribution in [2.75, 3.05) is 13.7 Å². The van der Waals surface area contributed by atoms with Gasteiger partial charge in [-0.3, -0.25) is 0 Å². The number of methoxy groups -OCH3 is 1. The number of fused-ring (bicyclic) bond motifs is 12. The molecule has 20 rings (SSSR count). The van der Waals surface area contributed by atoms with Gasteiger partial charge in [-0.2, -0.15) is 0 Å². The molecule has 4 heterocycles. The fourth-order valence-corrected chi connectivity index (χ4v) is 27.4. The molecular weight excluding hydrogens is 1310 g/mol. The molecule has 1 N–H and O–H groups in total. The highest BCUT2D eigenvalue weighted by Crippen LogP contribution is 2.60. The lowest BCUT2D eigenvalue weighted by molar-refractivity contribution is -0.204. The average molecular weight is 1400 g/mol. The van der Waals surface area contributed by atoms with E-state index in [0.29, 0.717) is 17.6 Å². The molecule has 0 atom stereocenters. The van der Waals surface area contributed by atoms with Gasteiger partial charge >= 0.3 is 5.97 Å². The third-order valence-electron chi connectivity index (χ3n) is 21.7. The Labute approximate surface area is 602 Å².